The number of thiophene rings is 1. The van der Waals surface area contributed by atoms with Crippen LogP contribution in [-0.4, -0.2) is 28.4 Å². The van der Waals surface area contributed by atoms with Gasteiger partial charge in [0.05, 0.1) is 11.7 Å². The van der Waals surface area contributed by atoms with Crippen LogP contribution in [-0.2, 0) is 11.3 Å². The Kier molecular flexibility index (Phi) is 5.64. The summed E-state index contributed by atoms with van der Waals surface area (Å²) in [5.41, 5.74) is 2.55. The van der Waals surface area contributed by atoms with Gasteiger partial charge < -0.3 is 10.6 Å². The Bertz CT molecular complexity index is 1340. The molecule has 0 aliphatic carbocycles. The van der Waals surface area contributed by atoms with E-state index in [4.69, 9.17) is 0 Å². The van der Waals surface area contributed by atoms with Gasteiger partial charge in [0.25, 0.3) is 11.5 Å². The molecule has 0 bridgehead atoms. The number of aromatic nitrogens is 2. The van der Waals surface area contributed by atoms with Gasteiger partial charge in [-0.15, -0.1) is 11.3 Å². The number of hydrogen-bond donors (Lipinski definition) is 2. The Morgan fingerprint density at radius 1 is 1.10 bits per heavy atom. The van der Waals surface area contributed by atoms with Crippen LogP contribution < -0.4 is 16.2 Å². The van der Waals surface area contributed by atoms with Crippen LogP contribution in [0.3, 0.4) is 0 Å². The van der Waals surface area contributed by atoms with E-state index in [1.54, 1.807) is 31.3 Å². The number of nitrogens with one attached hydrogen (secondary N) is 2. The van der Waals surface area contributed by atoms with Crippen LogP contribution >= 0.6 is 11.3 Å². The van der Waals surface area contributed by atoms with Crippen molar-refractivity contribution in [2.75, 3.05) is 12.4 Å². The first-order valence-electron chi connectivity index (χ1n) is 9.64. The number of fused-ring (bicyclic) bond motifs is 1. The molecule has 2 heterocycles. The Morgan fingerprint density at radius 3 is 2.61 bits per heavy atom. The third-order valence-electron chi connectivity index (χ3n) is 4.90. The van der Waals surface area contributed by atoms with Crippen LogP contribution in [0, 0.1) is 6.92 Å². The molecular formula is C23H20N4O3S. The summed E-state index contributed by atoms with van der Waals surface area (Å²) in [5.74, 6) is -0.627. The fourth-order valence-electron chi connectivity index (χ4n) is 3.37. The molecule has 4 aromatic rings. The zero-order valence-electron chi connectivity index (χ0n) is 17.0. The first-order valence-corrected chi connectivity index (χ1v) is 10.5. The van der Waals surface area contributed by atoms with E-state index in [9.17, 15) is 14.4 Å². The predicted octanol–water partition coefficient (Wildman–Crippen LogP) is 3.43. The van der Waals surface area contributed by atoms with Crippen LogP contribution in [0.25, 0.3) is 20.7 Å². The molecule has 0 aliphatic heterocycles. The molecule has 2 N–H and O–H groups in total. The summed E-state index contributed by atoms with van der Waals surface area (Å²) < 4.78 is 1.30. The van der Waals surface area contributed by atoms with Crippen molar-refractivity contribution in [1.29, 1.82) is 0 Å². The molecule has 31 heavy (non-hydrogen) atoms. The lowest BCUT2D eigenvalue weighted by Gasteiger charge is -2.08. The quantitative estimate of drug-likeness (QED) is 0.505. The normalized spacial score (nSPS) is 10.8. The second-order valence-electron chi connectivity index (χ2n) is 6.99. The van der Waals surface area contributed by atoms with Gasteiger partial charge in [-0.25, -0.2) is 4.98 Å². The first-order chi connectivity index (χ1) is 15.0. The van der Waals surface area contributed by atoms with Gasteiger partial charge in [0.15, 0.2) is 0 Å². The van der Waals surface area contributed by atoms with Gasteiger partial charge in [-0.3, -0.25) is 19.0 Å². The number of benzene rings is 2. The van der Waals surface area contributed by atoms with E-state index in [0.717, 1.165) is 16.0 Å². The van der Waals surface area contributed by atoms with Crippen molar-refractivity contribution in [3.05, 3.63) is 82.4 Å². The SMILES string of the molecule is CNC(=O)c1cccc(NC(=O)Cn2cnc3sc(-c4ccccc4)c(C)c3c2=O)c1. The van der Waals surface area contributed by atoms with Crippen molar-refractivity contribution in [3.8, 4) is 10.4 Å². The third kappa shape index (κ3) is 4.10. The minimum Gasteiger partial charge on any atom is -0.355 e. The summed E-state index contributed by atoms with van der Waals surface area (Å²) in [6, 6.07) is 16.4. The van der Waals surface area contributed by atoms with Crippen molar-refractivity contribution in [1.82, 2.24) is 14.9 Å². The third-order valence-corrected chi connectivity index (χ3v) is 6.15. The highest BCUT2D eigenvalue weighted by Gasteiger charge is 2.17. The van der Waals surface area contributed by atoms with E-state index in [2.05, 4.69) is 15.6 Å². The summed E-state index contributed by atoms with van der Waals surface area (Å²) >= 11 is 1.46. The molecule has 8 heteroatoms. The minimum absolute atomic E-state index is 0.179. The van der Waals surface area contributed by atoms with Gasteiger partial charge in [-0.05, 0) is 36.2 Å². The Morgan fingerprint density at radius 2 is 1.87 bits per heavy atom. The summed E-state index contributed by atoms with van der Waals surface area (Å²) in [6.07, 6.45) is 1.40. The number of rotatable bonds is 5. The van der Waals surface area contributed by atoms with E-state index in [1.165, 1.54) is 22.2 Å². The van der Waals surface area contributed by atoms with Gasteiger partial charge in [0.2, 0.25) is 5.91 Å². The van der Waals surface area contributed by atoms with Gasteiger partial charge in [0.1, 0.15) is 11.4 Å². The average molecular weight is 433 g/mol. The van der Waals surface area contributed by atoms with Gasteiger partial charge in [0, 0.05) is 23.2 Å². The molecule has 2 aromatic carbocycles. The molecule has 0 radical (unpaired) electrons. The van der Waals surface area contributed by atoms with Crippen molar-refractivity contribution < 1.29 is 9.59 Å². The maximum absolute atomic E-state index is 13.1. The average Bonchev–Trinajstić information content (AvgIpc) is 3.13. The Balaban J connectivity index is 1.60. The van der Waals surface area contributed by atoms with Crippen molar-refractivity contribution >= 4 is 39.1 Å². The van der Waals surface area contributed by atoms with E-state index in [1.807, 2.05) is 37.3 Å². The number of hydrogen-bond acceptors (Lipinski definition) is 5. The number of anilines is 1. The molecular weight excluding hydrogens is 412 g/mol. The molecule has 0 spiro atoms. The van der Waals surface area contributed by atoms with Crippen LogP contribution in [0.15, 0.2) is 65.7 Å². The van der Waals surface area contributed by atoms with Crippen LogP contribution in [0.4, 0.5) is 5.69 Å². The zero-order chi connectivity index (χ0) is 22.0. The zero-order valence-corrected chi connectivity index (χ0v) is 17.8. The highest BCUT2D eigenvalue weighted by atomic mass is 32.1. The van der Waals surface area contributed by atoms with Crippen LogP contribution in [0.1, 0.15) is 15.9 Å². The van der Waals surface area contributed by atoms with Crippen molar-refractivity contribution in [2.45, 2.75) is 13.5 Å². The number of amides is 2. The monoisotopic (exact) mass is 432 g/mol. The van der Waals surface area contributed by atoms with E-state index < -0.39 is 0 Å². The molecule has 2 aromatic heterocycles. The summed E-state index contributed by atoms with van der Waals surface area (Å²) in [5, 5.41) is 5.80. The van der Waals surface area contributed by atoms with E-state index in [0.29, 0.717) is 21.5 Å². The second-order valence-corrected chi connectivity index (χ2v) is 7.99. The van der Waals surface area contributed by atoms with Crippen LogP contribution in [0.5, 0.6) is 0 Å². The molecule has 7 nitrogen and oxygen atoms in total. The van der Waals surface area contributed by atoms with E-state index >= 15 is 0 Å². The molecule has 4 rings (SSSR count). The Labute approximate surface area is 182 Å². The molecule has 2 amide bonds. The number of carbonyl (C=O) groups excluding carboxylic acids is 2. The number of nitrogens with zero attached hydrogens (tertiary/aromatic N) is 2. The maximum Gasteiger partial charge on any atom is 0.262 e. The lowest BCUT2D eigenvalue weighted by atomic mass is 10.1. The number of carbonyl (C=O) groups is 2. The maximum atomic E-state index is 13.1. The highest BCUT2D eigenvalue weighted by molar-refractivity contribution is 7.22. The van der Waals surface area contributed by atoms with Gasteiger partial charge in [-0.2, -0.15) is 0 Å². The lowest BCUT2D eigenvalue weighted by Crippen LogP contribution is -2.28. The van der Waals surface area contributed by atoms with Gasteiger partial charge in [-0.1, -0.05) is 36.4 Å². The molecule has 0 unspecified atom stereocenters. The summed E-state index contributed by atoms with van der Waals surface area (Å²) in [7, 11) is 1.54. The molecule has 0 atom stereocenters. The van der Waals surface area contributed by atoms with Crippen molar-refractivity contribution in [3.63, 3.8) is 0 Å². The van der Waals surface area contributed by atoms with Crippen molar-refractivity contribution in [2.24, 2.45) is 0 Å². The number of aryl methyl sites for hydroxylation is 1. The topological polar surface area (TPSA) is 93.1 Å². The van der Waals surface area contributed by atoms with Crippen LogP contribution in [0.2, 0.25) is 0 Å². The van der Waals surface area contributed by atoms with E-state index in [-0.39, 0.29) is 23.9 Å². The Hall–Kier alpha value is -3.78. The molecule has 0 aliphatic rings. The molecule has 0 fully saturated rings. The molecule has 0 saturated carbocycles. The predicted molar refractivity (Wildman–Crippen MR) is 123 cm³/mol. The summed E-state index contributed by atoms with van der Waals surface area (Å²) in [6.45, 7) is 1.72. The second kappa shape index (κ2) is 8.53. The fourth-order valence-corrected chi connectivity index (χ4v) is 4.52. The standard InChI is InChI=1S/C23H20N4O3S/c1-14-19-22(31-20(14)15-7-4-3-5-8-15)25-13-27(23(19)30)12-18(28)26-17-10-6-9-16(11-17)21(29)24-2/h3-11,13H,12H2,1-2H3,(H,24,29)(H,26,28). The fraction of sp³-hybridized carbons (Fsp3) is 0.130. The summed E-state index contributed by atoms with van der Waals surface area (Å²) in [4.78, 5) is 43.4. The lowest BCUT2D eigenvalue weighted by molar-refractivity contribution is -0.116. The first kappa shape index (κ1) is 20.5. The van der Waals surface area contributed by atoms with Gasteiger partial charge >= 0.3 is 0 Å². The highest BCUT2D eigenvalue weighted by Crippen LogP contribution is 2.35. The smallest absolute Gasteiger partial charge is 0.262 e. The minimum atomic E-state index is -0.381. The molecule has 0 saturated heterocycles. The largest absolute Gasteiger partial charge is 0.355 e. The molecule has 156 valence electrons.